The second-order valence-electron chi connectivity index (χ2n) is 6.98. The molecule has 0 radical (unpaired) electrons. The summed E-state index contributed by atoms with van der Waals surface area (Å²) in [4.78, 5) is 14.0. The predicted octanol–water partition coefficient (Wildman–Crippen LogP) is 6.97. The van der Waals surface area contributed by atoms with Crippen molar-refractivity contribution in [2.75, 3.05) is 5.32 Å². The van der Waals surface area contributed by atoms with Crippen molar-refractivity contribution < 1.29 is 4.79 Å². The van der Waals surface area contributed by atoms with Gasteiger partial charge in [-0.2, -0.15) is 0 Å². The summed E-state index contributed by atoms with van der Waals surface area (Å²) in [6, 6.07) is 22.9. The smallest absolute Gasteiger partial charge is 0.266 e. The van der Waals surface area contributed by atoms with Gasteiger partial charge in [-0.05, 0) is 89.2 Å². The molecule has 0 aliphatic rings. The summed E-state index contributed by atoms with van der Waals surface area (Å²) in [6.07, 6.45) is 0.749. The fourth-order valence-electron chi connectivity index (χ4n) is 3.31. The zero-order valence-electron chi connectivity index (χ0n) is 15.8. The Balaban J connectivity index is 1.73. The number of nitrogens with one attached hydrogen (secondary N) is 1. The molecule has 1 heterocycles. The number of fused-ring (bicyclic) bond motifs is 1. The molecule has 2 nitrogen and oxygen atoms in total. The Morgan fingerprint density at radius 3 is 2.50 bits per heavy atom. The minimum atomic E-state index is -0.0346. The first-order chi connectivity index (χ1) is 13.5. The van der Waals surface area contributed by atoms with E-state index in [0.717, 1.165) is 41.8 Å². The number of thiophene rings is 1. The van der Waals surface area contributed by atoms with Crippen LogP contribution in [-0.2, 0) is 6.42 Å². The van der Waals surface area contributed by atoms with Gasteiger partial charge in [0.05, 0.1) is 4.88 Å². The molecule has 0 saturated carbocycles. The van der Waals surface area contributed by atoms with E-state index in [1.165, 1.54) is 11.1 Å². The Kier molecular flexibility index (Phi) is 5.51. The summed E-state index contributed by atoms with van der Waals surface area (Å²) in [5.74, 6) is -0.0346. The van der Waals surface area contributed by atoms with Crippen molar-refractivity contribution in [3.63, 3.8) is 0 Å². The SMILES string of the molecule is Cc1ccc(Cc2c(C(=O)Nc3ccc(I)cc3C)sc3ccccc23)cc1. The van der Waals surface area contributed by atoms with E-state index in [4.69, 9.17) is 0 Å². The molecule has 0 bridgehead atoms. The Bertz CT molecular complexity index is 1160. The molecule has 0 unspecified atom stereocenters. The molecule has 4 aromatic rings. The van der Waals surface area contributed by atoms with Crippen LogP contribution in [0.4, 0.5) is 5.69 Å². The second kappa shape index (κ2) is 8.05. The third kappa shape index (κ3) is 3.98. The summed E-state index contributed by atoms with van der Waals surface area (Å²) in [6.45, 7) is 4.11. The lowest BCUT2D eigenvalue weighted by molar-refractivity contribution is 0.103. The predicted molar refractivity (Wildman–Crippen MR) is 128 cm³/mol. The standard InChI is InChI=1S/C24H20INOS/c1-15-7-9-17(10-8-15)14-20-19-5-3-4-6-22(19)28-23(20)24(27)26-21-12-11-18(25)13-16(21)2/h3-13H,14H2,1-2H3,(H,26,27). The van der Waals surface area contributed by atoms with E-state index in [0.29, 0.717) is 0 Å². The third-order valence-corrected chi connectivity index (χ3v) is 6.73. The van der Waals surface area contributed by atoms with E-state index < -0.39 is 0 Å². The van der Waals surface area contributed by atoms with Gasteiger partial charge in [-0.3, -0.25) is 4.79 Å². The van der Waals surface area contributed by atoms with Gasteiger partial charge in [-0.15, -0.1) is 11.3 Å². The molecule has 0 fully saturated rings. The molecular formula is C24H20INOS. The van der Waals surface area contributed by atoms with Crippen molar-refractivity contribution in [1.29, 1.82) is 0 Å². The third-order valence-electron chi connectivity index (χ3n) is 4.84. The number of hydrogen-bond donors (Lipinski definition) is 1. The molecule has 1 aromatic heterocycles. The summed E-state index contributed by atoms with van der Waals surface area (Å²) >= 11 is 3.86. The van der Waals surface area contributed by atoms with Gasteiger partial charge < -0.3 is 5.32 Å². The van der Waals surface area contributed by atoms with Crippen molar-refractivity contribution in [2.24, 2.45) is 0 Å². The number of carbonyl (C=O) groups excluding carboxylic acids is 1. The molecular weight excluding hydrogens is 477 g/mol. The topological polar surface area (TPSA) is 29.1 Å². The maximum Gasteiger partial charge on any atom is 0.266 e. The number of rotatable bonds is 4. The zero-order valence-corrected chi connectivity index (χ0v) is 18.7. The van der Waals surface area contributed by atoms with Crippen LogP contribution < -0.4 is 5.32 Å². The number of aryl methyl sites for hydroxylation is 2. The van der Waals surface area contributed by atoms with Crippen LogP contribution >= 0.6 is 33.9 Å². The fraction of sp³-hybridized carbons (Fsp3) is 0.125. The van der Waals surface area contributed by atoms with E-state index in [-0.39, 0.29) is 5.91 Å². The lowest BCUT2D eigenvalue weighted by Crippen LogP contribution is -2.13. The van der Waals surface area contributed by atoms with Crippen LogP contribution in [0.2, 0.25) is 0 Å². The van der Waals surface area contributed by atoms with E-state index in [1.54, 1.807) is 11.3 Å². The average molecular weight is 497 g/mol. The van der Waals surface area contributed by atoms with Crippen molar-refractivity contribution in [3.05, 3.63) is 97.4 Å². The van der Waals surface area contributed by atoms with Crippen LogP contribution in [0.25, 0.3) is 10.1 Å². The van der Waals surface area contributed by atoms with E-state index in [1.807, 2.05) is 31.2 Å². The molecule has 0 saturated heterocycles. The van der Waals surface area contributed by atoms with Crippen LogP contribution in [0.3, 0.4) is 0 Å². The summed E-state index contributed by atoms with van der Waals surface area (Å²) in [5, 5.41) is 4.28. The average Bonchev–Trinajstić information content (AvgIpc) is 3.04. The highest BCUT2D eigenvalue weighted by Crippen LogP contribution is 2.34. The number of anilines is 1. The first-order valence-corrected chi connectivity index (χ1v) is 11.0. The second-order valence-corrected chi connectivity index (χ2v) is 9.28. The maximum absolute atomic E-state index is 13.2. The van der Waals surface area contributed by atoms with E-state index in [2.05, 4.69) is 77.3 Å². The first-order valence-electron chi connectivity index (χ1n) is 9.15. The zero-order chi connectivity index (χ0) is 19.7. The van der Waals surface area contributed by atoms with Crippen LogP contribution in [-0.4, -0.2) is 5.91 Å². The molecule has 4 rings (SSSR count). The highest BCUT2D eigenvalue weighted by atomic mass is 127. The molecule has 3 aromatic carbocycles. The Morgan fingerprint density at radius 2 is 1.75 bits per heavy atom. The Hall–Kier alpha value is -2.18. The molecule has 28 heavy (non-hydrogen) atoms. The van der Waals surface area contributed by atoms with Gasteiger partial charge in [0.25, 0.3) is 5.91 Å². The van der Waals surface area contributed by atoms with Gasteiger partial charge in [0.1, 0.15) is 0 Å². The van der Waals surface area contributed by atoms with Crippen molar-refractivity contribution in [2.45, 2.75) is 20.3 Å². The van der Waals surface area contributed by atoms with Gasteiger partial charge in [0.2, 0.25) is 0 Å². The fourth-order valence-corrected chi connectivity index (χ4v) is 5.08. The van der Waals surface area contributed by atoms with Crippen LogP contribution in [0.15, 0.2) is 66.7 Å². The molecule has 0 spiro atoms. The van der Waals surface area contributed by atoms with E-state index in [9.17, 15) is 4.79 Å². The Labute approximate surface area is 182 Å². The summed E-state index contributed by atoms with van der Waals surface area (Å²) < 4.78 is 2.31. The minimum Gasteiger partial charge on any atom is -0.321 e. The monoisotopic (exact) mass is 497 g/mol. The summed E-state index contributed by atoms with van der Waals surface area (Å²) in [5.41, 5.74) is 5.50. The molecule has 4 heteroatoms. The number of hydrogen-bond acceptors (Lipinski definition) is 2. The number of amides is 1. The Morgan fingerprint density at radius 1 is 1.00 bits per heavy atom. The molecule has 140 valence electrons. The van der Waals surface area contributed by atoms with Gasteiger partial charge in [0.15, 0.2) is 0 Å². The van der Waals surface area contributed by atoms with Crippen LogP contribution in [0.5, 0.6) is 0 Å². The number of halogens is 1. The lowest BCUT2D eigenvalue weighted by Gasteiger charge is -2.10. The quantitative estimate of drug-likeness (QED) is 0.303. The highest BCUT2D eigenvalue weighted by molar-refractivity contribution is 14.1. The minimum absolute atomic E-state index is 0.0346. The van der Waals surface area contributed by atoms with Gasteiger partial charge in [-0.25, -0.2) is 0 Å². The summed E-state index contributed by atoms with van der Waals surface area (Å²) in [7, 11) is 0. The normalized spacial score (nSPS) is 11.0. The largest absolute Gasteiger partial charge is 0.321 e. The maximum atomic E-state index is 13.2. The van der Waals surface area contributed by atoms with Crippen molar-refractivity contribution in [3.8, 4) is 0 Å². The van der Waals surface area contributed by atoms with Crippen molar-refractivity contribution in [1.82, 2.24) is 0 Å². The number of carbonyl (C=O) groups is 1. The molecule has 0 aliphatic carbocycles. The first kappa shape index (κ1) is 19.2. The van der Waals surface area contributed by atoms with Crippen LogP contribution in [0, 0.1) is 17.4 Å². The molecule has 1 amide bonds. The molecule has 0 atom stereocenters. The van der Waals surface area contributed by atoms with Crippen LogP contribution in [0.1, 0.15) is 31.9 Å². The van der Waals surface area contributed by atoms with Gasteiger partial charge in [0, 0.05) is 14.0 Å². The van der Waals surface area contributed by atoms with Gasteiger partial charge >= 0.3 is 0 Å². The lowest BCUT2D eigenvalue weighted by atomic mass is 10.0. The van der Waals surface area contributed by atoms with E-state index >= 15 is 0 Å². The highest BCUT2D eigenvalue weighted by Gasteiger charge is 2.19. The van der Waals surface area contributed by atoms with Gasteiger partial charge in [-0.1, -0.05) is 48.0 Å². The van der Waals surface area contributed by atoms with Crippen molar-refractivity contribution >= 4 is 55.6 Å². The number of benzene rings is 3. The molecule has 0 aliphatic heterocycles. The molecule has 1 N–H and O–H groups in total.